The highest BCUT2D eigenvalue weighted by atomic mass is 19.1. The highest BCUT2D eigenvalue weighted by molar-refractivity contribution is 6.01. The van der Waals surface area contributed by atoms with E-state index in [-0.39, 0.29) is 25.0 Å². The Morgan fingerprint density at radius 1 is 0.982 bits per heavy atom. The number of hydrogen-bond donors (Lipinski definition) is 0. The monoisotopic (exact) mass is 786 g/mol. The van der Waals surface area contributed by atoms with Crippen LogP contribution in [-0.4, -0.2) is 53.5 Å². The van der Waals surface area contributed by atoms with Crippen molar-refractivity contribution in [1.82, 2.24) is 0 Å². The third kappa shape index (κ3) is 7.41. The Balaban J connectivity index is 1.63. The van der Waals surface area contributed by atoms with Gasteiger partial charge in [0.25, 0.3) is 0 Å². The van der Waals surface area contributed by atoms with Crippen LogP contribution in [0.5, 0.6) is 0 Å². The van der Waals surface area contributed by atoms with E-state index in [2.05, 4.69) is 0 Å². The van der Waals surface area contributed by atoms with E-state index in [4.69, 9.17) is 14.2 Å². The largest absolute Gasteiger partial charge is 0.458 e. The number of Topliss-reactive ketones (excluding diaryl/α,β-unsaturated/α-hetero) is 1. The molecule has 0 spiro atoms. The summed E-state index contributed by atoms with van der Waals surface area (Å²) in [5, 5.41) is 0. The summed E-state index contributed by atoms with van der Waals surface area (Å²) in [7, 11) is 0. The zero-order valence-electron chi connectivity index (χ0n) is 35.7. The summed E-state index contributed by atoms with van der Waals surface area (Å²) >= 11 is 0. The molecule has 0 aromatic carbocycles. The van der Waals surface area contributed by atoms with Crippen molar-refractivity contribution in [2.75, 3.05) is 6.61 Å². The second-order valence-electron chi connectivity index (χ2n) is 17.8. The summed E-state index contributed by atoms with van der Waals surface area (Å²) in [6, 6.07) is 0. The zero-order chi connectivity index (χ0) is 42.1. The van der Waals surface area contributed by atoms with E-state index in [9.17, 15) is 19.2 Å². The van der Waals surface area contributed by atoms with Crippen LogP contribution in [0.15, 0.2) is 82.5 Å². The molecule has 0 aliphatic heterocycles. The van der Waals surface area contributed by atoms with Crippen LogP contribution in [0.1, 0.15) is 127 Å². The Morgan fingerprint density at radius 2 is 1.68 bits per heavy atom. The lowest BCUT2D eigenvalue weighted by Gasteiger charge is -2.63. The number of carbonyl (C=O) groups excluding carboxylic acids is 5. The van der Waals surface area contributed by atoms with Crippen LogP contribution < -0.4 is 0 Å². The minimum Gasteiger partial charge on any atom is -0.458 e. The average molecular weight is 787 g/mol. The Bertz CT molecular complexity index is 1890. The van der Waals surface area contributed by atoms with E-state index in [1.807, 2.05) is 84.9 Å². The van der Waals surface area contributed by atoms with Gasteiger partial charge in [-0.05, 0) is 110 Å². The summed E-state index contributed by atoms with van der Waals surface area (Å²) in [4.78, 5) is 67.9. The van der Waals surface area contributed by atoms with E-state index >= 15 is 9.18 Å². The van der Waals surface area contributed by atoms with Crippen molar-refractivity contribution in [1.29, 1.82) is 0 Å². The fraction of sp³-hybridized carbons (Fsp3) is 0.604. The quantitative estimate of drug-likeness (QED) is 0.109. The molecule has 0 bridgehead atoms. The summed E-state index contributed by atoms with van der Waals surface area (Å²) in [6.07, 6.45) is 18.3. The van der Waals surface area contributed by atoms with Gasteiger partial charge in [-0.15, -0.1) is 0 Å². The predicted molar refractivity (Wildman–Crippen MR) is 218 cm³/mol. The van der Waals surface area contributed by atoms with Gasteiger partial charge in [0.2, 0.25) is 5.78 Å². The van der Waals surface area contributed by atoms with Gasteiger partial charge in [0.15, 0.2) is 23.7 Å². The molecule has 57 heavy (non-hydrogen) atoms. The van der Waals surface area contributed by atoms with Crippen molar-refractivity contribution < 1.29 is 42.6 Å². The van der Waals surface area contributed by atoms with Crippen molar-refractivity contribution in [2.24, 2.45) is 34.0 Å². The fourth-order valence-electron chi connectivity index (χ4n) is 11.1. The molecule has 5 rings (SSSR count). The van der Waals surface area contributed by atoms with Crippen molar-refractivity contribution in [3.05, 3.63) is 82.5 Å². The Morgan fingerprint density at radius 3 is 2.35 bits per heavy atom. The van der Waals surface area contributed by atoms with Gasteiger partial charge in [0.1, 0.15) is 6.10 Å². The van der Waals surface area contributed by atoms with E-state index in [0.717, 1.165) is 35.1 Å². The number of esters is 3. The molecule has 3 saturated carbocycles. The molecule has 0 N–H and O–H groups in total. The molecular weight excluding hydrogens is 724 g/mol. The fourth-order valence-corrected chi connectivity index (χ4v) is 11.1. The van der Waals surface area contributed by atoms with Gasteiger partial charge in [-0.3, -0.25) is 24.0 Å². The van der Waals surface area contributed by atoms with Crippen molar-refractivity contribution in [3.8, 4) is 0 Å². The summed E-state index contributed by atoms with van der Waals surface area (Å²) in [5.74, 6) is -4.26. The Labute approximate surface area is 338 Å². The normalized spacial score (nSPS) is 36.8. The minimum atomic E-state index is -2.17. The number of allylic oxidation sites excluding steroid dienone is 13. The molecule has 0 saturated heterocycles. The highest BCUT2D eigenvalue weighted by Gasteiger charge is 2.78. The van der Waals surface area contributed by atoms with Gasteiger partial charge in [-0.2, -0.15) is 0 Å². The van der Waals surface area contributed by atoms with Crippen molar-refractivity contribution >= 4 is 29.5 Å². The van der Waals surface area contributed by atoms with E-state index in [0.29, 0.717) is 31.3 Å². The van der Waals surface area contributed by atoms with Gasteiger partial charge in [-0.1, -0.05) is 92.5 Å². The second kappa shape index (κ2) is 16.6. The molecule has 5 aliphatic carbocycles. The molecule has 3 fully saturated rings. The van der Waals surface area contributed by atoms with Crippen LogP contribution >= 0.6 is 0 Å². The van der Waals surface area contributed by atoms with Gasteiger partial charge in [0, 0.05) is 35.5 Å². The first-order valence-electron chi connectivity index (χ1n) is 20.9. The molecule has 0 amide bonds. The zero-order valence-corrected chi connectivity index (χ0v) is 35.7. The summed E-state index contributed by atoms with van der Waals surface area (Å²) < 4.78 is 37.6. The van der Waals surface area contributed by atoms with Gasteiger partial charge < -0.3 is 14.2 Å². The first-order chi connectivity index (χ1) is 26.8. The number of halogens is 1. The number of alkyl halides is 1. The number of rotatable bonds is 12. The minimum absolute atomic E-state index is 0.00208. The second-order valence-corrected chi connectivity index (χ2v) is 17.8. The van der Waals surface area contributed by atoms with Crippen LogP contribution in [0, 0.1) is 34.0 Å². The first-order valence-corrected chi connectivity index (χ1v) is 20.9. The molecule has 8 nitrogen and oxygen atoms in total. The first kappa shape index (κ1) is 44.0. The molecule has 0 aromatic rings. The topological polar surface area (TPSA) is 113 Å². The third-order valence-corrected chi connectivity index (χ3v) is 14.5. The maximum atomic E-state index is 19.2. The van der Waals surface area contributed by atoms with Crippen LogP contribution in [0.4, 0.5) is 4.39 Å². The average Bonchev–Trinajstić information content (AvgIpc) is 3.39. The molecule has 310 valence electrons. The summed E-state index contributed by atoms with van der Waals surface area (Å²) in [5.41, 5.74) is -2.87. The molecule has 0 heterocycles. The van der Waals surface area contributed by atoms with E-state index in [1.54, 1.807) is 26.8 Å². The molecule has 9 atom stereocenters. The lowest BCUT2D eigenvalue weighted by Crippen LogP contribution is -2.71. The van der Waals surface area contributed by atoms with Crippen LogP contribution in [-0.2, 0) is 38.2 Å². The van der Waals surface area contributed by atoms with Crippen LogP contribution in [0.25, 0.3) is 0 Å². The Hall–Kier alpha value is -4.14. The third-order valence-electron chi connectivity index (χ3n) is 14.5. The Kier molecular flexibility index (Phi) is 12.8. The molecule has 2 unspecified atom stereocenters. The predicted octanol–water partition coefficient (Wildman–Crippen LogP) is 9.90. The molecule has 0 radical (unpaired) electrons. The van der Waals surface area contributed by atoms with E-state index < -0.39 is 81.7 Å². The van der Waals surface area contributed by atoms with Crippen molar-refractivity contribution in [2.45, 2.75) is 144 Å². The highest BCUT2D eigenvalue weighted by Crippen LogP contribution is 2.72. The molecular formula is C48H63FO8. The maximum Gasteiger partial charge on any atom is 0.316 e. The lowest BCUT2D eigenvalue weighted by atomic mass is 9.44. The number of ketones is 2. The van der Waals surface area contributed by atoms with Crippen LogP contribution in [0.2, 0.25) is 0 Å². The van der Waals surface area contributed by atoms with Gasteiger partial charge in [-0.25, -0.2) is 4.39 Å². The van der Waals surface area contributed by atoms with Crippen LogP contribution in [0.3, 0.4) is 0 Å². The number of ether oxygens (including phenoxy) is 3. The maximum absolute atomic E-state index is 19.2. The molecule has 9 heteroatoms. The van der Waals surface area contributed by atoms with Crippen molar-refractivity contribution in [3.63, 3.8) is 0 Å². The standard InChI is InChI=1S/C48H63FO8/c1-11-30(4)16-14-17-31(5)19-21-36-32(6)18-15-24-44(36,8)43(54)56-40-28-46(10)38(37-22-20-34-27-35(50)23-25-45(34,9)47(37,40)49)26-33(7)48(46,57-42(53)13-3)39(51)29-55-41(52)12-2/h11,14,16-17,19,21,23,25,27,33,37-38,40H,12-13,15,18,20,22,24,26,28-29H2,1-10H3/t33-,37-,38-,40-,44?,45-,46-,47?,48-/m0/s1. The number of hydrogen-bond acceptors (Lipinski definition) is 8. The smallest absolute Gasteiger partial charge is 0.316 e. The summed E-state index contributed by atoms with van der Waals surface area (Å²) in [6.45, 7) is 18.1. The van der Waals surface area contributed by atoms with Gasteiger partial charge >= 0.3 is 17.9 Å². The number of fused-ring (bicyclic) bond motifs is 5. The molecule has 0 aromatic heterocycles. The lowest BCUT2D eigenvalue weighted by molar-refractivity contribution is -0.239. The van der Waals surface area contributed by atoms with E-state index in [1.165, 1.54) is 12.2 Å². The SMILES string of the molecule is CC=C(C)C=CC=C(C)C=CC1=C(C)CCCC1(C)C(=O)O[C@H]1C[C@@]2(C)[C@@H](C[C@H](C)[C@]2(OC(=O)CC)C(=O)COC(=O)CC)[C@@H]2CCC3=CC(=O)C=C[C@]3(C)C12F. The number of carbonyl (C=O) groups is 5. The van der Waals surface area contributed by atoms with Gasteiger partial charge in [0.05, 0.1) is 5.41 Å². The molecule has 5 aliphatic rings.